The molecule has 10 heteroatoms. The van der Waals surface area contributed by atoms with Gasteiger partial charge in [-0.1, -0.05) is 12.1 Å². The average Bonchev–Trinajstić information content (AvgIpc) is 2.70. The summed E-state index contributed by atoms with van der Waals surface area (Å²) in [5, 5.41) is 5.67. The van der Waals surface area contributed by atoms with Crippen LogP contribution in [0.4, 0.5) is 13.2 Å². The predicted molar refractivity (Wildman–Crippen MR) is 123 cm³/mol. The van der Waals surface area contributed by atoms with Crippen molar-refractivity contribution in [2.24, 2.45) is 4.99 Å². The van der Waals surface area contributed by atoms with Crippen molar-refractivity contribution in [1.82, 2.24) is 15.5 Å². The molecule has 1 aliphatic heterocycles. The number of halogens is 4. The van der Waals surface area contributed by atoms with Gasteiger partial charge in [0.2, 0.25) is 0 Å². The van der Waals surface area contributed by atoms with E-state index in [1.807, 2.05) is 24.3 Å². The van der Waals surface area contributed by atoms with Gasteiger partial charge in [0, 0.05) is 45.9 Å². The highest BCUT2D eigenvalue weighted by atomic mass is 127. The molecule has 0 aromatic heterocycles. The Morgan fingerprint density at radius 3 is 2.67 bits per heavy atom. The van der Waals surface area contributed by atoms with E-state index in [1.54, 1.807) is 0 Å². The quantitative estimate of drug-likeness (QED) is 0.284. The van der Waals surface area contributed by atoms with E-state index in [2.05, 4.69) is 27.6 Å². The van der Waals surface area contributed by atoms with E-state index >= 15 is 0 Å². The third-order valence-electron chi connectivity index (χ3n) is 4.81. The van der Waals surface area contributed by atoms with Gasteiger partial charge in [0.05, 0.1) is 6.42 Å². The molecule has 0 aliphatic carbocycles. The van der Waals surface area contributed by atoms with Crippen LogP contribution in [-0.4, -0.2) is 70.1 Å². The van der Waals surface area contributed by atoms with Crippen LogP contribution in [0.1, 0.15) is 24.8 Å². The summed E-state index contributed by atoms with van der Waals surface area (Å²) in [7, 11) is 3.63. The number of nitrogens with zero attached hydrogens (tertiary/aromatic N) is 2. The zero-order valence-corrected chi connectivity index (χ0v) is 19.8. The first-order chi connectivity index (χ1) is 13.9. The number of aliphatic imine (C=N–C) groups is 1. The van der Waals surface area contributed by atoms with Gasteiger partial charge in [0.1, 0.15) is 12.4 Å². The lowest BCUT2D eigenvalue weighted by atomic mass is 10.1. The van der Waals surface area contributed by atoms with E-state index in [1.165, 1.54) is 7.05 Å². The number of likely N-dealkylation sites (N-methyl/N-ethyl adjacent to an activating group) is 1. The molecule has 2 N–H and O–H groups in total. The Labute approximate surface area is 193 Å². The van der Waals surface area contributed by atoms with Crippen molar-refractivity contribution in [3.63, 3.8) is 0 Å². The molecule has 0 bridgehead atoms. The number of hydrogen-bond donors (Lipinski definition) is 2. The monoisotopic (exact) mass is 544 g/mol. The van der Waals surface area contributed by atoms with E-state index < -0.39 is 12.6 Å². The summed E-state index contributed by atoms with van der Waals surface area (Å²) in [5.41, 5.74) is 0.957. The molecule has 0 saturated carbocycles. The summed E-state index contributed by atoms with van der Waals surface area (Å²) in [6.45, 7) is 3.28. The lowest BCUT2D eigenvalue weighted by Crippen LogP contribution is -2.38. The Morgan fingerprint density at radius 2 is 2.00 bits per heavy atom. The lowest BCUT2D eigenvalue weighted by Gasteiger charge is -2.31. The molecular formula is C20H32F3IN4O2. The summed E-state index contributed by atoms with van der Waals surface area (Å²) in [4.78, 5) is 6.25. The summed E-state index contributed by atoms with van der Waals surface area (Å²) in [6, 6.07) is 8.18. The van der Waals surface area contributed by atoms with Gasteiger partial charge >= 0.3 is 6.18 Å². The highest BCUT2D eigenvalue weighted by molar-refractivity contribution is 14.0. The van der Waals surface area contributed by atoms with Crippen LogP contribution < -0.4 is 15.4 Å². The smallest absolute Gasteiger partial charge is 0.390 e. The number of rotatable bonds is 9. The summed E-state index contributed by atoms with van der Waals surface area (Å²) >= 11 is 0. The van der Waals surface area contributed by atoms with E-state index in [0.29, 0.717) is 25.2 Å². The summed E-state index contributed by atoms with van der Waals surface area (Å²) in [5.74, 6) is 1.10. The van der Waals surface area contributed by atoms with E-state index in [0.717, 1.165) is 43.9 Å². The van der Waals surface area contributed by atoms with Gasteiger partial charge in [-0.3, -0.25) is 9.89 Å². The van der Waals surface area contributed by atoms with E-state index in [9.17, 15) is 13.2 Å². The molecule has 1 aromatic carbocycles. The van der Waals surface area contributed by atoms with Gasteiger partial charge in [-0.15, -0.1) is 24.0 Å². The third kappa shape index (κ3) is 10.7. The van der Waals surface area contributed by atoms with Gasteiger partial charge in [0.15, 0.2) is 5.96 Å². The van der Waals surface area contributed by atoms with Crippen LogP contribution in [0.5, 0.6) is 5.75 Å². The van der Waals surface area contributed by atoms with Crippen molar-refractivity contribution < 1.29 is 22.6 Å². The first-order valence-electron chi connectivity index (χ1n) is 9.88. The number of nitrogens with one attached hydrogen (secondary N) is 2. The zero-order valence-electron chi connectivity index (χ0n) is 17.5. The van der Waals surface area contributed by atoms with Crippen molar-refractivity contribution in [3.05, 3.63) is 29.8 Å². The molecule has 0 amide bonds. The zero-order chi connectivity index (χ0) is 21.1. The second-order valence-corrected chi connectivity index (χ2v) is 7.04. The minimum atomic E-state index is -4.18. The molecule has 1 aromatic rings. The number of benzene rings is 1. The standard InChI is InChI=1S/C20H31F3N4O2.HI/c1-24-19(25-9-8-20(21,22)23)26-15-16-4-3-5-18(14-16)29-13-10-27(2)17-6-11-28-12-7-17;/h3-5,14,17H,6-13,15H2,1-2H3,(H2,24,25,26);1H. The Balaban J connectivity index is 0.00000450. The summed E-state index contributed by atoms with van der Waals surface area (Å²) < 4.78 is 48.0. The Hall–Kier alpha value is -1.27. The largest absolute Gasteiger partial charge is 0.492 e. The fourth-order valence-corrected chi connectivity index (χ4v) is 3.09. The van der Waals surface area contributed by atoms with Gasteiger partial charge in [-0.2, -0.15) is 13.2 Å². The maximum atomic E-state index is 12.2. The number of guanidine groups is 1. The molecule has 0 atom stereocenters. The first-order valence-corrected chi connectivity index (χ1v) is 9.88. The second-order valence-electron chi connectivity index (χ2n) is 7.04. The van der Waals surface area contributed by atoms with Crippen molar-refractivity contribution in [2.75, 3.05) is 47.0 Å². The van der Waals surface area contributed by atoms with Crippen molar-refractivity contribution in [1.29, 1.82) is 0 Å². The highest BCUT2D eigenvalue weighted by Gasteiger charge is 2.26. The molecule has 0 spiro atoms. The van der Waals surface area contributed by atoms with Gasteiger partial charge in [-0.05, 0) is 37.6 Å². The Kier molecular flexibility index (Phi) is 12.4. The molecule has 1 saturated heterocycles. The van der Waals surface area contributed by atoms with Crippen LogP contribution in [0, 0.1) is 0 Å². The van der Waals surface area contributed by atoms with E-state index in [-0.39, 0.29) is 30.5 Å². The minimum absolute atomic E-state index is 0. The molecule has 1 heterocycles. The fourth-order valence-electron chi connectivity index (χ4n) is 3.09. The SMILES string of the molecule is CN=C(NCCC(F)(F)F)NCc1cccc(OCCN(C)C2CCOCC2)c1.I. The molecule has 30 heavy (non-hydrogen) atoms. The van der Waals surface area contributed by atoms with Crippen LogP contribution in [0.15, 0.2) is 29.3 Å². The van der Waals surface area contributed by atoms with Gasteiger partial charge in [0.25, 0.3) is 0 Å². The first kappa shape index (κ1) is 26.8. The highest BCUT2D eigenvalue weighted by Crippen LogP contribution is 2.18. The van der Waals surface area contributed by atoms with Crippen molar-refractivity contribution in [3.8, 4) is 5.75 Å². The van der Waals surface area contributed by atoms with Gasteiger partial charge in [-0.25, -0.2) is 0 Å². The van der Waals surface area contributed by atoms with Crippen LogP contribution in [0.25, 0.3) is 0 Å². The Morgan fingerprint density at radius 1 is 1.27 bits per heavy atom. The molecule has 6 nitrogen and oxygen atoms in total. The predicted octanol–water partition coefficient (Wildman–Crippen LogP) is 3.41. The molecule has 1 fully saturated rings. The van der Waals surface area contributed by atoms with Crippen molar-refractivity contribution >= 4 is 29.9 Å². The summed E-state index contributed by atoms with van der Waals surface area (Å²) in [6.07, 6.45) is -2.98. The second kappa shape index (κ2) is 13.9. The van der Waals surface area contributed by atoms with Crippen molar-refractivity contribution in [2.45, 2.75) is 38.0 Å². The molecule has 0 unspecified atom stereocenters. The Bertz CT molecular complexity index is 641. The van der Waals surface area contributed by atoms with Crippen LogP contribution >= 0.6 is 24.0 Å². The topological polar surface area (TPSA) is 58.1 Å². The third-order valence-corrected chi connectivity index (χ3v) is 4.81. The molecule has 0 radical (unpaired) electrons. The maximum absolute atomic E-state index is 12.2. The molecular weight excluding hydrogens is 512 g/mol. The van der Waals surface area contributed by atoms with Crippen LogP contribution in [0.2, 0.25) is 0 Å². The normalized spacial score (nSPS) is 15.6. The van der Waals surface area contributed by atoms with E-state index in [4.69, 9.17) is 9.47 Å². The maximum Gasteiger partial charge on any atom is 0.390 e. The van der Waals surface area contributed by atoms with Crippen LogP contribution in [-0.2, 0) is 11.3 Å². The lowest BCUT2D eigenvalue weighted by molar-refractivity contribution is -0.132. The van der Waals surface area contributed by atoms with Crippen LogP contribution in [0.3, 0.4) is 0 Å². The fraction of sp³-hybridized carbons (Fsp3) is 0.650. The molecule has 2 rings (SSSR count). The minimum Gasteiger partial charge on any atom is -0.492 e. The number of hydrogen-bond acceptors (Lipinski definition) is 4. The number of alkyl halides is 3. The number of ether oxygens (including phenoxy) is 2. The average molecular weight is 544 g/mol. The van der Waals surface area contributed by atoms with Gasteiger partial charge < -0.3 is 20.1 Å². The molecule has 172 valence electrons. The molecule has 1 aliphatic rings.